The van der Waals surface area contributed by atoms with Gasteiger partial charge in [-0.25, -0.2) is 4.79 Å². The minimum atomic E-state index is -4.18. The van der Waals surface area contributed by atoms with Crippen molar-refractivity contribution in [2.24, 2.45) is 5.92 Å². The summed E-state index contributed by atoms with van der Waals surface area (Å²) in [7, 11) is 0. The summed E-state index contributed by atoms with van der Waals surface area (Å²) >= 11 is 3.14. The van der Waals surface area contributed by atoms with Gasteiger partial charge in [0.2, 0.25) is 0 Å². The van der Waals surface area contributed by atoms with Gasteiger partial charge in [-0.15, -0.1) is 0 Å². The van der Waals surface area contributed by atoms with Gasteiger partial charge < -0.3 is 10.0 Å². The second-order valence-electron chi connectivity index (χ2n) is 4.80. The van der Waals surface area contributed by atoms with Gasteiger partial charge in [0.25, 0.3) is 0 Å². The number of hydrogen-bond acceptors (Lipinski definition) is 2. The van der Waals surface area contributed by atoms with Crippen LogP contribution in [0.25, 0.3) is 0 Å². The lowest BCUT2D eigenvalue weighted by molar-refractivity contribution is -0.175. The molecule has 1 aliphatic heterocycles. The van der Waals surface area contributed by atoms with Crippen LogP contribution in [0.15, 0.2) is 22.7 Å². The van der Waals surface area contributed by atoms with Gasteiger partial charge in [-0.3, -0.25) is 0 Å². The first-order valence-electron chi connectivity index (χ1n) is 6.13. The van der Waals surface area contributed by atoms with Crippen LogP contribution in [0.2, 0.25) is 0 Å². The summed E-state index contributed by atoms with van der Waals surface area (Å²) in [5.41, 5.74) is 0.703. The van der Waals surface area contributed by atoms with Crippen LogP contribution >= 0.6 is 15.9 Å². The molecule has 1 unspecified atom stereocenters. The van der Waals surface area contributed by atoms with Crippen LogP contribution in [0, 0.1) is 5.92 Å². The van der Waals surface area contributed by atoms with E-state index in [1.54, 1.807) is 17.0 Å². The van der Waals surface area contributed by atoms with Crippen molar-refractivity contribution in [3.8, 4) is 0 Å². The molecule has 110 valence electrons. The molecule has 0 radical (unpaired) electrons. The van der Waals surface area contributed by atoms with Gasteiger partial charge in [0.05, 0.1) is 11.5 Å². The molecule has 7 heteroatoms. The van der Waals surface area contributed by atoms with Gasteiger partial charge in [0, 0.05) is 23.2 Å². The fraction of sp³-hybridized carbons (Fsp3) is 0.462. The predicted octanol–water partition coefficient (Wildman–Crippen LogP) is 3.93. The quantitative estimate of drug-likeness (QED) is 0.877. The third kappa shape index (κ3) is 3.26. The molecule has 1 atom stereocenters. The number of alkyl halides is 3. The number of carbonyl (C=O) groups is 1. The van der Waals surface area contributed by atoms with Gasteiger partial charge in [-0.05, 0) is 47.0 Å². The highest BCUT2D eigenvalue weighted by atomic mass is 79.9. The standard InChI is InChI=1S/C13H13BrF3NO2/c14-11-6-9(3-4-10(11)12(19)20)18-5-1-2-8(7-18)13(15,16)17/h3-4,6,8H,1-2,5,7H2,(H,19,20). The Kier molecular flexibility index (Phi) is 4.27. The van der Waals surface area contributed by atoms with E-state index in [9.17, 15) is 18.0 Å². The molecule has 0 saturated carbocycles. The molecule has 20 heavy (non-hydrogen) atoms. The number of carboxylic acids is 1. The minimum absolute atomic E-state index is 0.0810. The van der Waals surface area contributed by atoms with E-state index in [-0.39, 0.29) is 18.5 Å². The highest BCUT2D eigenvalue weighted by molar-refractivity contribution is 9.10. The van der Waals surface area contributed by atoms with Crippen molar-refractivity contribution in [1.29, 1.82) is 0 Å². The topological polar surface area (TPSA) is 40.5 Å². The van der Waals surface area contributed by atoms with Crippen LogP contribution in [0.1, 0.15) is 23.2 Å². The third-order valence-electron chi connectivity index (χ3n) is 3.43. The van der Waals surface area contributed by atoms with Gasteiger partial charge in [0.15, 0.2) is 0 Å². The SMILES string of the molecule is O=C(O)c1ccc(N2CCCC(C(F)(F)F)C2)cc1Br. The first-order valence-corrected chi connectivity index (χ1v) is 6.93. The Hall–Kier alpha value is -1.24. The van der Waals surface area contributed by atoms with E-state index in [2.05, 4.69) is 15.9 Å². The van der Waals surface area contributed by atoms with E-state index in [1.807, 2.05) is 0 Å². The Labute approximate surface area is 122 Å². The molecule has 0 aliphatic carbocycles. The molecule has 0 aromatic heterocycles. The van der Waals surface area contributed by atoms with Crippen molar-refractivity contribution >= 4 is 27.6 Å². The molecule has 1 N–H and O–H groups in total. The maximum atomic E-state index is 12.8. The maximum absolute atomic E-state index is 12.8. The molecule has 1 saturated heterocycles. The van der Waals surface area contributed by atoms with E-state index in [0.29, 0.717) is 23.1 Å². The maximum Gasteiger partial charge on any atom is 0.393 e. The zero-order valence-corrected chi connectivity index (χ0v) is 12.0. The normalized spacial score (nSPS) is 20.0. The van der Waals surface area contributed by atoms with Crippen LogP contribution in [-0.4, -0.2) is 30.3 Å². The lowest BCUT2D eigenvalue weighted by Crippen LogP contribution is -2.41. The molecule has 0 bridgehead atoms. The van der Waals surface area contributed by atoms with Crippen molar-refractivity contribution in [2.75, 3.05) is 18.0 Å². The average Bonchev–Trinajstić information content (AvgIpc) is 2.37. The Morgan fingerprint density at radius 1 is 1.40 bits per heavy atom. The fourth-order valence-corrected chi connectivity index (χ4v) is 2.89. The third-order valence-corrected chi connectivity index (χ3v) is 4.09. The number of halogens is 4. The van der Waals surface area contributed by atoms with Crippen molar-refractivity contribution in [3.05, 3.63) is 28.2 Å². The van der Waals surface area contributed by atoms with Gasteiger partial charge >= 0.3 is 12.1 Å². The molecule has 1 fully saturated rings. The summed E-state index contributed by atoms with van der Waals surface area (Å²) in [6.07, 6.45) is -3.56. The molecule has 2 rings (SSSR count). The van der Waals surface area contributed by atoms with Gasteiger partial charge in [0.1, 0.15) is 0 Å². The number of benzene rings is 1. The van der Waals surface area contributed by atoms with E-state index >= 15 is 0 Å². The highest BCUT2D eigenvalue weighted by Crippen LogP contribution is 2.35. The smallest absolute Gasteiger partial charge is 0.393 e. The molecule has 1 aromatic carbocycles. The summed E-state index contributed by atoms with van der Waals surface area (Å²) in [5, 5.41) is 8.92. The highest BCUT2D eigenvalue weighted by Gasteiger charge is 2.41. The summed E-state index contributed by atoms with van der Waals surface area (Å²) in [5.74, 6) is -2.40. The van der Waals surface area contributed by atoms with Gasteiger partial charge in [-0.2, -0.15) is 13.2 Å². The summed E-state index contributed by atoms with van der Waals surface area (Å²) < 4.78 is 38.7. The average molecular weight is 352 g/mol. The number of hydrogen-bond donors (Lipinski definition) is 1. The number of rotatable bonds is 2. The Balaban J connectivity index is 2.19. The van der Waals surface area contributed by atoms with Crippen molar-refractivity contribution < 1.29 is 23.1 Å². The van der Waals surface area contributed by atoms with E-state index in [1.165, 1.54) is 6.07 Å². The first kappa shape index (κ1) is 15.2. The monoisotopic (exact) mass is 351 g/mol. The number of aromatic carboxylic acids is 1. The molecular weight excluding hydrogens is 339 g/mol. The van der Waals surface area contributed by atoms with E-state index in [0.717, 1.165) is 0 Å². The first-order chi connectivity index (χ1) is 9.29. The molecule has 3 nitrogen and oxygen atoms in total. The zero-order valence-electron chi connectivity index (χ0n) is 10.5. The van der Waals surface area contributed by atoms with Crippen molar-refractivity contribution in [1.82, 2.24) is 0 Å². The van der Waals surface area contributed by atoms with Gasteiger partial charge in [-0.1, -0.05) is 0 Å². The number of anilines is 1. The predicted molar refractivity (Wildman–Crippen MR) is 72.1 cm³/mol. The largest absolute Gasteiger partial charge is 0.478 e. The van der Waals surface area contributed by atoms with Crippen LogP contribution in [-0.2, 0) is 0 Å². The molecule has 1 aliphatic rings. The minimum Gasteiger partial charge on any atom is -0.478 e. The lowest BCUT2D eigenvalue weighted by atomic mass is 9.97. The molecule has 1 aromatic rings. The van der Waals surface area contributed by atoms with Crippen molar-refractivity contribution in [3.63, 3.8) is 0 Å². The Morgan fingerprint density at radius 2 is 2.10 bits per heavy atom. The number of carboxylic acid groups (broad SMARTS) is 1. The molecular formula is C13H13BrF3NO2. The fourth-order valence-electron chi connectivity index (χ4n) is 2.35. The summed E-state index contributed by atoms with van der Waals surface area (Å²) in [6, 6.07) is 4.51. The lowest BCUT2D eigenvalue weighted by Gasteiger charge is -2.35. The second kappa shape index (κ2) is 5.63. The van der Waals surface area contributed by atoms with E-state index < -0.39 is 18.1 Å². The van der Waals surface area contributed by atoms with Crippen LogP contribution in [0.5, 0.6) is 0 Å². The summed E-state index contributed by atoms with van der Waals surface area (Å²) in [4.78, 5) is 12.6. The Bertz CT molecular complexity index is 519. The van der Waals surface area contributed by atoms with Crippen molar-refractivity contribution in [2.45, 2.75) is 19.0 Å². The zero-order chi connectivity index (χ0) is 14.9. The van der Waals surface area contributed by atoms with Crippen LogP contribution in [0.3, 0.4) is 0 Å². The molecule has 0 amide bonds. The van der Waals surface area contributed by atoms with E-state index in [4.69, 9.17) is 5.11 Å². The van der Waals surface area contributed by atoms with Crippen LogP contribution < -0.4 is 4.90 Å². The Morgan fingerprint density at radius 3 is 2.65 bits per heavy atom. The van der Waals surface area contributed by atoms with Crippen LogP contribution in [0.4, 0.5) is 18.9 Å². The number of nitrogens with zero attached hydrogens (tertiary/aromatic N) is 1. The number of piperidine rings is 1. The second-order valence-corrected chi connectivity index (χ2v) is 5.65. The molecule has 0 spiro atoms. The summed E-state index contributed by atoms with van der Waals surface area (Å²) in [6.45, 7) is 0.466. The molecule has 1 heterocycles.